The Morgan fingerprint density at radius 1 is 1.38 bits per heavy atom. The zero-order valence-corrected chi connectivity index (χ0v) is 18.8. The lowest BCUT2D eigenvalue weighted by atomic mass is 9.87. The molecule has 3 heterocycles. The van der Waals surface area contributed by atoms with Gasteiger partial charge >= 0.3 is 0 Å². The van der Waals surface area contributed by atoms with Crippen molar-refractivity contribution >= 4 is 45.2 Å². The second kappa shape index (κ2) is 8.55. The number of fused-ring (bicyclic) bond motifs is 4. The molecule has 1 aliphatic carbocycles. The van der Waals surface area contributed by atoms with E-state index in [1.165, 1.54) is 18.0 Å². The summed E-state index contributed by atoms with van der Waals surface area (Å²) in [6.45, 7) is 1.63. The molecule has 2 aromatic heterocycles. The molecule has 2 aliphatic rings. The lowest BCUT2D eigenvalue weighted by Crippen LogP contribution is -2.37. The molecule has 0 saturated heterocycles. The summed E-state index contributed by atoms with van der Waals surface area (Å²) in [6.07, 6.45) is 5.50. The van der Waals surface area contributed by atoms with Crippen LogP contribution in [0.15, 0.2) is 23.5 Å². The van der Waals surface area contributed by atoms with Crippen LogP contribution in [-0.4, -0.2) is 54.3 Å². The van der Waals surface area contributed by atoms with E-state index in [0.717, 1.165) is 39.1 Å². The molecular formula is C23H24FN5O2S. The van der Waals surface area contributed by atoms with Crippen molar-refractivity contribution in [2.75, 3.05) is 32.6 Å². The fourth-order valence-corrected chi connectivity index (χ4v) is 5.69. The Labute approximate surface area is 189 Å². The highest BCUT2D eigenvalue weighted by Gasteiger charge is 2.30. The van der Waals surface area contributed by atoms with E-state index in [2.05, 4.69) is 20.3 Å². The van der Waals surface area contributed by atoms with E-state index in [0.29, 0.717) is 37.6 Å². The van der Waals surface area contributed by atoms with Crippen LogP contribution >= 0.6 is 11.3 Å². The number of thiophene rings is 1. The first kappa shape index (κ1) is 21.0. The van der Waals surface area contributed by atoms with Gasteiger partial charge in [-0.2, -0.15) is 0 Å². The van der Waals surface area contributed by atoms with E-state index in [-0.39, 0.29) is 17.6 Å². The van der Waals surface area contributed by atoms with Crippen molar-refractivity contribution in [2.45, 2.75) is 25.8 Å². The largest absolute Gasteiger partial charge is 0.383 e. The standard InChI is InChI=1S/C23H24FN5O2S/c1-29(5-6-31-2)23(30)13-3-4-16-19(9-13)32-22-20(16)21(26-12-27-22)28-18-8-15-11-25-10-14(15)7-17(18)24/h7-8,11-13H,3-6,9-10H2,1-2H3,(H,26,27,28)/t13-/m0/s1. The molecule has 1 amide bonds. The number of likely N-dealkylation sites (N-methyl/N-ethyl adjacent to an activating group) is 1. The van der Waals surface area contributed by atoms with Gasteiger partial charge in [-0.1, -0.05) is 0 Å². The van der Waals surface area contributed by atoms with Crippen LogP contribution < -0.4 is 5.32 Å². The molecule has 0 spiro atoms. The predicted octanol–water partition coefficient (Wildman–Crippen LogP) is 3.72. The number of aryl methyl sites for hydroxylation is 1. The van der Waals surface area contributed by atoms with Gasteiger partial charge in [-0.25, -0.2) is 14.4 Å². The van der Waals surface area contributed by atoms with Gasteiger partial charge in [0.1, 0.15) is 22.8 Å². The number of nitrogens with one attached hydrogen (secondary N) is 1. The maximum absolute atomic E-state index is 14.7. The number of anilines is 2. The van der Waals surface area contributed by atoms with Gasteiger partial charge in [0.2, 0.25) is 5.91 Å². The quantitative estimate of drug-likeness (QED) is 0.615. The van der Waals surface area contributed by atoms with Crippen LogP contribution in [0.4, 0.5) is 15.9 Å². The van der Waals surface area contributed by atoms with Gasteiger partial charge in [-0.3, -0.25) is 9.79 Å². The first-order valence-corrected chi connectivity index (χ1v) is 11.4. The SMILES string of the molecule is COCCN(C)C(=O)[C@H]1CCc2c(sc3ncnc(Nc4cc5c(cc4F)CN=C5)c23)C1. The van der Waals surface area contributed by atoms with Gasteiger partial charge in [-0.15, -0.1) is 11.3 Å². The highest BCUT2D eigenvalue weighted by atomic mass is 32.1. The highest BCUT2D eigenvalue weighted by molar-refractivity contribution is 7.19. The Hall–Kier alpha value is -2.91. The van der Waals surface area contributed by atoms with Gasteiger partial charge in [0.05, 0.1) is 24.2 Å². The summed E-state index contributed by atoms with van der Waals surface area (Å²) in [5.41, 5.74) is 3.35. The minimum absolute atomic E-state index is 0.0461. The number of benzene rings is 1. The number of aromatic nitrogens is 2. The monoisotopic (exact) mass is 453 g/mol. The number of aliphatic imine (C=N–C) groups is 1. The van der Waals surface area contributed by atoms with Gasteiger partial charge < -0.3 is 15.0 Å². The molecule has 1 aliphatic heterocycles. The molecule has 9 heteroatoms. The van der Waals surface area contributed by atoms with E-state index in [1.807, 2.05) is 7.05 Å². The van der Waals surface area contributed by atoms with Crippen LogP contribution in [0.5, 0.6) is 0 Å². The summed E-state index contributed by atoms with van der Waals surface area (Å²) in [6, 6.07) is 3.31. The number of methoxy groups -OCH3 is 1. The Morgan fingerprint density at radius 2 is 2.25 bits per heavy atom. The highest BCUT2D eigenvalue weighted by Crippen LogP contribution is 2.41. The van der Waals surface area contributed by atoms with E-state index >= 15 is 0 Å². The third kappa shape index (κ3) is 3.75. The van der Waals surface area contributed by atoms with Crippen molar-refractivity contribution in [2.24, 2.45) is 10.9 Å². The van der Waals surface area contributed by atoms with Crippen LogP contribution in [0.3, 0.4) is 0 Å². The molecule has 0 unspecified atom stereocenters. The van der Waals surface area contributed by atoms with Crippen molar-refractivity contribution in [3.63, 3.8) is 0 Å². The molecule has 5 rings (SSSR count). The summed E-state index contributed by atoms with van der Waals surface area (Å²) in [7, 11) is 3.46. The molecule has 0 saturated carbocycles. The summed E-state index contributed by atoms with van der Waals surface area (Å²) < 4.78 is 19.8. The molecule has 0 fully saturated rings. The van der Waals surface area contributed by atoms with Crippen LogP contribution in [0, 0.1) is 11.7 Å². The van der Waals surface area contributed by atoms with Crippen LogP contribution in [0.25, 0.3) is 10.2 Å². The topological polar surface area (TPSA) is 79.7 Å². The molecule has 166 valence electrons. The second-order valence-electron chi connectivity index (χ2n) is 8.22. The first-order valence-electron chi connectivity index (χ1n) is 10.6. The molecule has 1 aromatic carbocycles. The minimum atomic E-state index is -0.324. The molecule has 0 radical (unpaired) electrons. The number of hydrogen-bond acceptors (Lipinski definition) is 7. The van der Waals surface area contributed by atoms with Crippen molar-refractivity contribution in [3.05, 3.63) is 45.8 Å². The predicted molar refractivity (Wildman–Crippen MR) is 123 cm³/mol. The number of nitrogens with zero attached hydrogens (tertiary/aromatic N) is 4. The average Bonchev–Trinajstić information content (AvgIpc) is 3.40. The molecule has 7 nitrogen and oxygen atoms in total. The van der Waals surface area contributed by atoms with Gasteiger partial charge in [0.25, 0.3) is 0 Å². The third-order valence-electron chi connectivity index (χ3n) is 6.18. The summed E-state index contributed by atoms with van der Waals surface area (Å²) >= 11 is 1.60. The lowest BCUT2D eigenvalue weighted by molar-refractivity contribution is -0.135. The van der Waals surface area contributed by atoms with Gasteiger partial charge in [-0.05, 0) is 48.1 Å². The minimum Gasteiger partial charge on any atom is -0.383 e. The van der Waals surface area contributed by atoms with Crippen molar-refractivity contribution in [1.29, 1.82) is 0 Å². The second-order valence-corrected chi connectivity index (χ2v) is 9.31. The Bertz CT molecular complexity index is 1220. The number of ether oxygens (including phenoxy) is 1. The Morgan fingerprint density at radius 3 is 3.09 bits per heavy atom. The van der Waals surface area contributed by atoms with Crippen LogP contribution in [-0.2, 0) is 28.9 Å². The smallest absolute Gasteiger partial charge is 0.225 e. The molecular weight excluding hydrogens is 429 g/mol. The first-order chi connectivity index (χ1) is 15.5. The zero-order valence-electron chi connectivity index (χ0n) is 18.0. The van der Waals surface area contributed by atoms with E-state index in [9.17, 15) is 9.18 Å². The van der Waals surface area contributed by atoms with E-state index < -0.39 is 0 Å². The Balaban J connectivity index is 1.43. The number of carbonyl (C=O) groups excluding carboxylic acids is 1. The lowest BCUT2D eigenvalue weighted by Gasteiger charge is -2.26. The normalized spacial score (nSPS) is 16.8. The maximum atomic E-state index is 14.7. The van der Waals surface area contributed by atoms with Crippen molar-refractivity contribution < 1.29 is 13.9 Å². The van der Waals surface area contributed by atoms with Crippen molar-refractivity contribution in [3.8, 4) is 0 Å². The average molecular weight is 454 g/mol. The third-order valence-corrected chi connectivity index (χ3v) is 7.34. The van der Waals surface area contributed by atoms with Crippen LogP contribution in [0.2, 0.25) is 0 Å². The van der Waals surface area contributed by atoms with E-state index in [4.69, 9.17) is 4.74 Å². The number of halogens is 1. The number of rotatable bonds is 6. The summed E-state index contributed by atoms with van der Waals surface area (Å²) in [5, 5.41) is 4.12. The summed E-state index contributed by atoms with van der Waals surface area (Å²) in [4.78, 5) is 29.7. The van der Waals surface area contributed by atoms with E-state index in [1.54, 1.807) is 35.6 Å². The summed E-state index contributed by atoms with van der Waals surface area (Å²) in [5.74, 6) is 0.379. The zero-order chi connectivity index (χ0) is 22.2. The number of hydrogen-bond donors (Lipinski definition) is 1. The van der Waals surface area contributed by atoms with Gasteiger partial charge in [0, 0.05) is 37.7 Å². The fraction of sp³-hybridized carbons (Fsp3) is 0.391. The maximum Gasteiger partial charge on any atom is 0.225 e. The Kier molecular flexibility index (Phi) is 5.60. The number of amides is 1. The van der Waals surface area contributed by atoms with Crippen molar-refractivity contribution in [1.82, 2.24) is 14.9 Å². The van der Waals surface area contributed by atoms with Gasteiger partial charge in [0.15, 0.2) is 0 Å². The fourth-order valence-electron chi connectivity index (χ4n) is 4.42. The molecule has 32 heavy (non-hydrogen) atoms. The van der Waals surface area contributed by atoms with Crippen LogP contribution in [0.1, 0.15) is 28.0 Å². The molecule has 1 atom stereocenters. The number of carbonyl (C=O) groups is 1. The molecule has 0 bridgehead atoms. The molecule has 1 N–H and O–H groups in total. The molecule has 3 aromatic rings.